The number of methoxy groups -OCH3 is 1. The molecule has 1 aliphatic heterocycles. The number of thiophene rings is 1. The van der Waals surface area contributed by atoms with Crippen LogP contribution in [0.15, 0.2) is 6.07 Å². The van der Waals surface area contributed by atoms with Crippen LogP contribution in [0.25, 0.3) is 0 Å². The van der Waals surface area contributed by atoms with Crippen LogP contribution in [0.5, 0.6) is 5.75 Å². The lowest BCUT2D eigenvalue weighted by Crippen LogP contribution is -2.33. The average molecular weight is 348 g/mol. The van der Waals surface area contributed by atoms with E-state index in [9.17, 15) is 13.2 Å². The number of rotatable bonds is 5. The second-order valence-corrected chi connectivity index (χ2v) is 8.82. The Morgan fingerprint density at radius 2 is 2.18 bits per heavy atom. The Kier molecular flexibility index (Phi) is 4.84. The first-order valence-electron chi connectivity index (χ1n) is 6.87. The van der Waals surface area contributed by atoms with Gasteiger partial charge in [-0.15, -0.1) is 11.3 Å². The minimum Gasteiger partial charge on any atom is -0.465 e. The maximum absolute atomic E-state index is 12.3. The highest BCUT2D eigenvalue weighted by Gasteiger charge is 2.39. The van der Waals surface area contributed by atoms with Gasteiger partial charge in [0.05, 0.1) is 13.2 Å². The van der Waals surface area contributed by atoms with Gasteiger partial charge in [-0.25, -0.2) is 4.79 Å². The minimum atomic E-state index is -3.87. The van der Waals surface area contributed by atoms with Crippen molar-refractivity contribution in [3.8, 4) is 5.75 Å². The van der Waals surface area contributed by atoms with Gasteiger partial charge in [0.25, 0.3) is 0 Å². The van der Waals surface area contributed by atoms with Gasteiger partial charge in [-0.2, -0.15) is 8.42 Å². The average Bonchev–Trinajstić information content (AvgIpc) is 2.91. The molecule has 1 unspecified atom stereocenters. The Labute approximate surface area is 134 Å². The van der Waals surface area contributed by atoms with E-state index in [0.29, 0.717) is 6.61 Å². The van der Waals surface area contributed by atoms with Crippen molar-refractivity contribution in [2.45, 2.75) is 33.3 Å². The molecule has 8 heteroatoms. The normalized spacial score (nSPS) is 20.8. The van der Waals surface area contributed by atoms with E-state index in [-0.39, 0.29) is 21.8 Å². The Bertz CT molecular complexity index is 659. The van der Waals surface area contributed by atoms with Crippen LogP contribution in [-0.2, 0) is 19.6 Å². The smallest absolute Gasteiger partial charge is 0.351 e. The van der Waals surface area contributed by atoms with Crippen LogP contribution in [0.4, 0.5) is 0 Å². The predicted molar refractivity (Wildman–Crippen MR) is 82.9 cm³/mol. The van der Waals surface area contributed by atoms with Crippen LogP contribution in [0.2, 0.25) is 0 Å². The van der Waals surface area contributed by atoms with E-state index in [4.69, 9.17) is 8.92 Å². The molecule has 0 bridgehead atoms. The first-order valence-corrected chi connectivity index (χ1v) is 9.26. The topological polar surface area (TPSA) is 78.9 Å². The highest BCUT2D eigenvalue weighted by Crippen LogP contribution is 2.36. The molecule has 0 saturated carbocycles. The Balaban J connectivity index is 2.17. The molecule has 2 heterocycles. The molecule has 0 radical (unpaired) electrons. The first-order chi connectivity index (χ1) is 10.1. The maximum Gasteiger partial charge on any atom is 0.351 e. The third kappa shape index (κ3) is 3.80. The van der Waals surface area contributed by atoms with E-state index in [1.165, 1.54) is 13.2 Å². The van der Waals surface area contributed by atoms with Crippen LogP contribution in [-0.4, -0.2) is 40.0 Å². The van der Waals surface area contributed by atoms with Crippen LogP contribution in [0.1, 0.15) is 34.8 Å². The second kappa shape index (κ2) is 6.17. The maximum atomic E-state index is 12.3. The summed E-state index contributed by atoms with van der Waals surface area (Å²) in [6, 6.07) is 1.52. The molecule has 0 aromatic carbocycles. The summed E-state index contributed by atoms with van der Waals surface area (Å²) in [7, 11) is -2.63. The SMILES string of the molecule is COC(=O)c1sc(C)cc1OS(=O)(=O)CC1OCCC1(C)C. The van der Waals surface area contributed by atoms with Gasteiger partial charge in [0.2, 0.25) is 0 Å². The Morgan fingerprint density at radius 1 is 1.50 bits per heavy atom. The van der Waals surface area contributed by atoms with Gasteiger partial charge in [0, 0.05) is 11.5 Å². The molecule has 0 spiro atoms. The number of esters is 1. The molecular weight excluding hydrogens is 328 g/mol. The summed E-state index contributed by atoms with van der Waals surface area (Å²) in [6.07, 6.45) is 0.386. The van der Waals surface area contributed by atoms with Crippen molar-refractivity contribution in [2.24, 2.45) is 5.41 Å². The predicted octanol–water partition coefficient (Wildman–Crippen LogP) is 2.37. The quantitative estimate of drug-likeness (QED) is 0.600. The Hall–Kier alpha value is -1.12. The van der Waals surface area contributed by atoms with E-state index < -0.39 is 22.2 Å². The molecule has 22 heavy (non-hydrogen) atoms. The summed E-state index contributed by atoms with van der Waals surface area (Å²) in [5.74, 6) is -0.832. The summed E-state index contributed by atoms with van der Waals surface area (Å²) in [5, 5.41) is 0. The molecule has 0 amide bonds. The van der Waals surface area contributed by atoms with E-state index >= 15 is 0 Å². The highest BCUT2D eigenvalue weighted by molar-refractivity contribution is 7.87. The molecule has 1 saturated heterocycles. The van der Waals surface area contributed by atoms with Gasteiger partial charge in [0.15, 0.2) is 10.6 Å². The molecule has 124 valence electrons. The van der Waals surface area contributed by atoms with Crippen molar-refractivity contribution in [1.29, 1.82) is 0 Å². The van der Waals surface area contributed by atoms with Gasteiger partial charge in [-0.05, 0) is 24.8 Å². The lowest BCUT2D eigenvalue weighted by atomic mass is 9.87. The lowest BCUT2D eigenvalue weighted by Gasteiger charge is -2.24. The van der Waals surface area contributed by atoms with Crippen LogP contribution in [0.3, 0.4) is 0 Å². The summed E-state index contributed by atoms with van der Waals surface area (Å²) in [6.45, 7) is 6.24. The van der Waals surface area contributed by atoms with Gasteiger partial charge in [0.1, 0.15) is 5.75 Å². The highest BCUT2D eigenvalue weighted by atomic mass is 32.2. The van der Waals surface area contributed by atoms with Crippen molar-refractivity contribution in [3.63, 3.8) is 0 Å². The number of aryl methyl sites for hydroxylation is 1. The summed E-state index contributed by atoms with van der Waals surface area (Å²) < 4.78 is 39.8. The molecule has 1 aromatic heterocycles. The zero-order chi connectivity index (χ0) is 16.5. The van der Waals surface area contributed by atoms with Crippen molar-refractivity contribution in [2.75, 3.05) is 19.5 Å². The van der Waals surface area contributed by atoms with E-state index in [0.717, 1.165) is 22.6 Å². The largest absolute Gasteiger partial charge is 0.465 e. The molecule has 1 fully saturated rings. The third-order valence-corrected chi connectivity index (χ3v) is 5.86. The van der Waals surface area contributed by atoms with Crippen LogP contribution >= 0.6 is 11.3 Å². The molecule has 1 aliphatic rings. The van der Waals surface area contributed by atoms with E-state index in [1.54, 1.807) is 6.92 Å². The van der Waals surface area contributed by atoms with Crippen molar-refractivity contribution >= 4 is 27.4 Å². The fourth-order valence-corrected chi connectivity index (χ4v) is 4.57. The molecule has 6 nitrogen and oxygen atoms in total. The van der Waals surface area contributed by atoms with Crippen molar-refractivity contribution in [1.82, 2.24) is 0 Å². The van der Waals surface area contributed by atoms with Gasteiger partial charge < -0.3 is 13.7 Å². The number of carbonyl (C=O) groups excluding carboxylic acids is 1. The molecule has 1 aromatic rings. The minimum absolute atomic E-state index is 0.0187. The van der Waals surface area contributed by atoms with Crippen LogP contribution < -0.4 is 4.18 Å². The first kappa shape index (κ1) is 17.2. The number of carbonyl (C=O) groups is 1. The molecular formula is C14H20O6S2. The van der Waals surface area contributed by atoms with Crippen molar-refractivity contribution in [3.05, 3.63) is 15.8 Å². The monoisotopic (exact) mass is 348 g/mol. The van der Waals surface area contributed by atoms with E-state index in [1.807, 2.05) is 13.8 Å². The third-order valence-electron chi connectivity index (χ3n) is 3.70. The summed E-state index contributed by atoms with van der Waals surface area (Å²) >= 11 is 1.14. The van der Waals surface area contributed by atoms with Gasteiger partial charge in [-0.1, -0.05) is 13.8 Å². The fraction of sp³-hybridized carbons (Fsp3) is 0.643. The Morgan fingerprint density at radius 3 is 2.73 bits per heavy atom. The number of hydrogen-bond acceptors (Lipinski definition) is 7. The zero-order valence-corrected chi connectivity index (χ0v) is 14.7. The van der Waals surface area contributed by atoms with Gasteiger partial charge in [-0.3, -0.25) is 0 Å². The molecule has 0 N–H and O–H groups in total. The summed E-state index contributed by atoms with van der Waals surface area (Å²) in [5.41, 5.74) is -0.216. The number of ether oxygens (including phenoxy) is 2. The summed E-state index contributed by atoms with van der Waals surface area (Å²) in [4.78, 5) is 12.6. The van der Waals surface area contributed by atoms with Crippen LogP contribution in [0, 0.1) is 12.3 Å². The number of hydrogen-bond donors (Lipinski definition) is 0. The lowest BCUT2D eigenvalue weighted by molar-refractivity contribution is 0.0604. The molecule has 2 rings (SSSR count). The zero-order valence-electron chi connectivity index (χ0n) is 13.0. The van der Waals surface area contributed by atoms with Crippen molar-refractivity contribution < 1.29 is 26.9 Å². The van der Waals surface area contributed by atoms with Gasteiger partial charge >= 0.3 is 16.1 Å². The molecule has 0 aliphatic carbocycles. The van der Waals surface area contributed by atoms with E-state index in [2.05, 4.69) is 4.74 Å². The fourth-order valence-electron chi connectivity index (χ4n) is 2.27. The standard InChI is InChI=1S/C14H20O6S2/c1-9-7-10(12(21-9)13(15)18-4)20-22(16,17)8-11-14(2,3)5-6-19-11/h7,11H,5-6,8H2,1-4H3. The molecule has 1 atom stereocenters. The second-order valence-electron chi connectivity index (χ2n) is 5.95.